The molecule has 0 aliphatic carbocycles. The van der Waals surface area contributed by atoms with Crippen LogP contribution in [0.4, 0.5) is 0 Å². The Balaban J connectivity index is 1.86. The highest BCUT2D eigenvalue weighted by molar-refractivity contribution is 5.29. The van der Waals surface area contributed by atoms with Gasteiger partial charge in [0.2, 0.25) is 0 Å². The highest BCUT2D eigenvalue weighted by Gasteiger charge is 2.12. The van der Waals surface area contributed by atoms with E-state index in [1.807, 2.05) is 0 Å². The van der Waals surface area contributed by atoms with E-state index in [1.54, 1.807) is 0 Å². The largest absolute Gasteiger partial charge is 0.373 e. The number of rotatable bonds is 3. The molecule has 0 radical (unpaired) electrons. The van der Waals surface area contributed by atoms with E-state index in [2.05, 4.69) is 37.4 Å². The van der Waals surface area contributed by atoms with Crippen LogP contribution in [0.25, 0.3) is 0 Å². The zero-order valence-corrected chi connectivity index (χ0v) is 10.3. The lowest BCUT2D eigenvalue weighted by Gasteiger charge is -2.23. The summed E-state index contributed by atoms with van der Waals surface area (Å²) in [5.74, 6) is 0. The standard InChI is InChI=1S/C14H21NO/c1-11-3-4-13(9-12(11)2)10-16-14-5-7-15-8-6-14/h3-4,9,14-15H,5-8,10H2,1-2H3. The molecule has 1 aromatic carbocycles. The Morgan fingerprint density at radius 3 is 2.62 bits per heavy atom. The lowest BCUT2D eigenvalue weighted by Crippen LogP contribution is -2.32. The average molecular weight is 219 g/mol. The highest BCUT2D eigenvalue weighted by atomic mass is 16.5. The molecule has 88 valence electrons. The number of hydrogen-bond acceptors (Lipinski definition) is 2. The fourth-order valence-electron chi connectivity index (χ4n) is 2.07. The smallest absolute Gasteiger partial charge is 0.0720 e. The highest BCUT2D eigenvalue weighted by Crippen LogP contribution is 2.14. The molecule has 1 aliphatic heterocycles. The van der Waals surface area contributed by atoms with E-state index in [0.717, 1.165) is 32.5 Å². The van der Waals surface area contributed by atoms with Crippen LogP contribution < -0.4 is 5.32 Å². The number of hydrogen-bond donors (Lipinski definition) is 1. The lowest BCUT2D eigenvalue weighted by molar-refractivity contribution is 0.0212. The quantitative estimate of drug-likeness (QED) is 0.843. The Kier molecular flexibility index (Phi) is 3.97. The maximum Gasteiger partial charge on any atom is 0.0720 e. The fourth-order valence-corrected chi connectivity index (χ4v) is 2.07. The van der Waals surface area contributed by atoms with Crippen molar-refractivity contribution in [3.05, 3.63) is 34.9 Å². The first-order valence-corrected chi connectivity index (χ1v) is 6.14. The second-order valence-electron chi connectivity index (χ2n) is 4.68. The summed E-state index contributed by atoms with van der Waals surface area (Å²) in [6.07, 6.45) is 2.73. The molecule has 1 N–H and O–H groups in total. The van der Waals surface area contributed by atoms with Crippen molar-refractivity contribution in [1.82, 2.24) is 5.32 Å². The van der Waals surface area contributed by atoms with Gasteiger partial charge in [0.15, 0.2) is 0 Å². The molecule has 0 unspecified atom stereocenters. The van der Waals surface area contributed by atoms with E-state index in [-0.39, 0.29) is 0 Å². The first-order valence-electron chi connectivity index (χ1n) is 6.14. The lowest BCUT2D eigenvalue weighted by atomic mass is 10.1. The van der Waals surface area contributed by atoms with Gasteiger partial charge in [0.25, 0.3) is 0 Å². The molecular formula is C14H21NO. The predicted molar refractivity (Wildman–Crippen MR) is 66.6 cm³/mol. The summed E-state index contributed by atoms with van der Waals surface area (Å²) in [5.41, 5.74) is 4.00. The van der Waals surface area contributed by atoms with E-state index in [1.165, 1.54) is 16.7 Å². The van der Waals surface area contributed by atoms with Crippen LogP contribution in [0.3, 0.4) is 0 Å². The predicted octanol–water partition coefficient (Wildman–Crippen LogP) is 2.57. The van der Waals surface area contributed by atoms with Gasteiger partial charge in [0.1, 0.15) is 0 Å². The number of ether oxygens (including phenoxy) is 1. The Labute approximate surface area is 98.0 Å². The Morgan fingerprint density at radius 2 is 1.94 bits per heavy atom. The van der Waals surface area contributed by atoms with E-state index < -0.39 is 0 Å². The van der Waals surface area contributed by atoms with Crippen molar-refractivity contribution in [2.24, 2.45) is 0 Å². The third kappa shape index (κ3) is 3.06. The molecule has 0 atom stereocenters. The van der Waals surface area contributed by atoms with Crippen LogP contribution in [-0.4, -0.2) is 19.2 Å². The maximum atomic E-state index is 5.92. The summed E-state index contributed by atoms with van der Waals surface area (Å²) in [6.45, 7) is 7.25. The third-order valence-electron chi connectivity index (χ3n) is 3.34. The molecule has 1 saturated heterocycles. The fraction of sp³-hybridized carbons (Fsp3) is 0.571. The molecule has 0 amide bonds. The Morgan fingerprint density at radius 1 is 1.19 bits per heavy atom. The van der Waals surface area contributed by atoms with Crippen LogP contribution >= 0.6 is 0 Å². The summed E-state index contributed by atoms with van der Waals surface area (Å²) in [7, 11) is 0. The van der Waals surface area contributed by atoms with Gasteiger partial charge >= 0.3 is 0 Å². The second kappa shape index (κ2) is 5.46. The molecule has 2 nitrogen and oxygen atoms in total. The van der Waals surface area contributed by atoms with Crippen LogP contribution in [0.2, 0.25) is 0 Å². The van der Waals surface area contributed by atoms with Crippen molar-refractivity contribution in [3.63, 3.8) is 0 Å². The van der Waals surface area contributed by atoms with Gasteiger partial charge in [0.05, 0.1) is 12.7 Å². The van der Waals surface area contributed by atoms with Crippen LogP contribution in [-0.2, 0) is 11.3 Å². The normalized spacial score (nSPS) is 17.6. The van der Waals surface area contributed by atoms with Crippen LogP contribution in [0.1, 0.15) is 29.5 Å². The third-order valence-corrected chi connectivity index (χ3v) is 3.34. The van der Waals surface area contributed by atoms with Gasteiger partial charge in [-0.15, -0.1) is 0 Å². The molecule has 1 fully saturated rings. The van der Waals surface area contributed by atoms with Crippen LogP contribution in [0.5, 0.6) is 0 Å². The minimum Gasteiger partial charge on any atom is -0.373 e. The molecule has 1 aromatic rings. The van der Waals surface area contributed by atoms with Crippen LogP contribution in [0.15, 0.2) is 18.2 Å². The summed E-state index contributed by atoms with van der Waals surface area (Å²) >= 11 is 0. The van der Waals surface area contributed by atoms with Crippen molar-refractivity contribution in [1.29, 1.82) is 0 Å². The number of aryl methyl sites for hydroxylation is 2. The van der Waals surface area contributed by atoms with E-state index >= 15 is 0 Å². The summed E-state index contributed by atoms with van der Waals surface area (Å²) in [5, 5.41) is 3.35. The van der Waals surface area contributed by atoms with Crippen molar-refractivity contribution < 1.29 is 4.74 Å². The topological polar surface area (TPSA) is 21.3 Å². The summed E-state index contributed by atoms with van der Waals surface area (Å²) in [6, 6.07) is 6.58. The molecule has 2 heteroatoms. The van der Waals surface area contributed by atoms with Gasteiger partial charge in [-0.05, 0) is 56.5 Å². The molecule has 16 heavy (non-hydrogen) atoms. The van der Waals surface area contributed by atoms with Crippen molar-refractivity contribution in [3.8, 4) is 0 Å². The molecule has 2 rings (SSSR count). The van der Waals surface area contributed by atoms with Gasteiger partial charge in [-0.2, -0.15) is 0 Å². The Bertz CT molecular complexity index is 343. The summed E-state index contributed by atoms with van der Waals surface area (Å²) in [4.78, 5) is 0. The van der Waals surface area contributed by atoms with Gasteiger partial charge in [-0.25, -0.2) is 0 Å². The minimum atomic E-state index is 0.447. The molecule has 1 heterocycles. The summed E-state index contributed by atoms with van der Waals surface area (Å²) < 4.78 is 5.92. The van der Waals surface area contributed by atoms with Crippen LogP contribution in [0, 0.1) is 13.8 Å². The zero-order chi connectivity index (χ0) is 11.4. The van der Waals surface area contributed by atoms with E-state index in [9.17, 15) is 0 Å². The SMILES string of the molecule is Cc1ccc(COC2CCNCC2)cc1C. The van der Waals surface area contributed by atoms with Gasteiger partial charge in [-0.1, -0.05) is 18.2 Å². The molecule has 0 bridgehead atoms. The van der Waals surface area contributed by atoms with E-state index in [0.29, 0.717) is 6.10 Å². The molecule has 1 aliphatic rings. The van der Waals surface area contributed by atoms with E-state index in [4.69, 9.17) is 4.74 Å². The maximum absolute atomic E-state index is 5.92. The minimum absolute atomic E-state index is 0.447. The number of nitrogens with one attached hydrogen (secondary N) is 1. The average Bonchev–Trinajstić information content (AvgIpc) is 2.32. The monoisotopic (exact) mass is 219 g/mol. The molecule has 0 saturated carbocycles. The van der Waals surface area contributed by atoms with Crippen molar-refractivity contribution >= 4 is 0 Å². The number of benzene rings is 1. The molecular weight excluding hydrogens is 198 g/mol. The molecule has 0 aromatic heterocycles. The van der Waals surface area contributed by atoms with Crippen molar-refractivity contribution in [2.75, 3.05) is 13.1 Å². The first kappa shape index (κ1) is 11.6. The zero-order valence-electron chi connectivity index (χ0n) is 10.3. The Hall–Kier alpha value is -0.860. The van der Waals surface area contributed by atoms with Gasteiger partial charge < -0.3 is 10.1 Å². The molecule has 0 spiro atoms. The van der Waals surface area contributed by atoms with Gasteiger partial charge in [0, 0.05) is 0 Å². The second-order valence-corrected chi connectivity index (χ2v) is 4.68. The first-order chi connectivity index (χ1) is 7.75. The van der Waals surface area contributed by atoms with Crippen molar-refractivity contribution in [2.45, 2.75) is 39.4 Å². The van der Waals surface area contributed by atoms with Gasteiger partial charge in [-0.3, -0.25) is 0 Å². The number of piperidine rings is 1.